The summed E-state index contributed by atoms with van der Waals surface area (Å²) in [6.07, 6.45) is 4.50. The first-order chi connectivity index (χ1) is 10.1. The van der Waals surface area contributed by atoms with Crippen LogP contribution >= 0.6 is 0 Å². The number of rotatable bonds is 6. The smallest absolute Gasteiger partial charge is 0.326 e. The maximum atomic E-state index is 12.2. The Morgan fingerprint density at radius 3 is 2.90 bits per heavy atom. The molecule has 1 aromatic rings. The van der Waals surface area contributed by atoms with Crippen molar-refractivity contribution in [3.63, 3.8) is 0 Å². The number of aliphatic carboxylic acids is 1. The molecule has 1 atom stereocenters. The Morgan fingerprint density at radius 2 is 2.19 bits per heavy atom. The second-order valence-corrected chi connectivity index (χ2v) is 5.29. The molecule has 0 saturated carbocycles. The van der Waals surface area contributed by atoms with E-state index in [4.69, 9.17) is 4.52 Å². The van der Waals surface area contributed by atoms with Gasteiger partial charge in [0.25, 0.3) is 0 Å². The number of carboxylic acids is 1. The van der Waals surface area contributed by atoms with Gasteiger partial charge < -0.3 is 14.5 Å². The molecule has 0 radical (unpaired) electrons. The molecular weight excluding hydrogens is 274 g/mol. The van der Waals surface area contributed by atoms with E-state index in [9.17, 15) is 14.7 Å². The number of amides is 1. The third kappa shape index (κ3) is 4.03. The van der Waals surface area contributed by atoms with Crippen LogP contribution in [0.2, 0.25) is 0 Å². The first-order valence-corrected chi connectivity index (χ1v) is 7.45. The molecule has 1 saturated heterocycles. The number of piperidine rings is 1. The van der Waals surface area contributed by atoms with Gasteiger partial charge in [-0.05, 0) is 25.7 Å². The quantitative estimate of drug-likeness (QED) is 0.852. The van der Waals surface area contributed by atoms with Crippen molar-refractivity contribution in [3.05, 3.63) is 11.7 Å². The molecule has 7 heteroatoms. The predicted molar refractivity (Wildman–Crippen MR) is 73.6 cm³/mol. The second kappa shape index (κ2) is 7.19. The number of aryl methyl sites for hydroxylation is 2. The Bertz CT molecular complexity index is 500. The van der Waals surface area contributed by atoms with Crippen molar-refractivity contribution >= 4 is 11.9 Å². The van der Waals surface area contributed by atoms with Gasteiger partial charge in [0.2, 0.25) is 11.8 Å². The summed E-state index contributed by atoms with van der Waals surface area (Å²) >= 11 is 0. The highest BCUT2D eigenvalue weighted by Gasteiger charge is 2.31. The van der Waals surface area contributed by atoms with Gasteiger partial charge in [0.05, 0.1) is 0 Å². The van der Waals surface area contributed by atoms with Crippen LogP contribution in [0.1, 0.15) is 50.7 Å². The minimum Gasteiger partial charge on any atom is -0.480 e. The maximum Gasteiger partial charge on any atom is 0.326 e. The van der Waals surface area contributed by atoms with Crippen molar-refractivity contribution in [3.8, 4) is 0 Å². The SMILES string of the molecule is CCCc1noc(CCC(=O)N2CCCC[C@H]2C(=O)O)n1. The average molecular weight is 295 g/mol. The molecule has 1 aliphatic heterocycles. The van der Waals surface area contributed by atoms with Crippen LogP contribution in [0.15, 0.2) is 4.52 Å². The zero-order valence-corrected chi connectivity index (χ0v) is 12.2. The Hall–Kier alpha value is -1.92. The first kappa shape index (κ1) is 15.5. The molecule has 0 unspecified atom stereocenters. The number of hydrogen-bond donors (Lipinski definition) is 1. The van der Waals surface area contributed by atoms with Gasteiger partial charge in [0.15, 0.2) is 5.82 Å². The molecule has 116 valence electrons. The minimum absolute atomic E-state index is 0.155. The molecule has 1 N–H and O–H groups in total. The number of nitrogens with zero attached hydrogens (tertiary/aromatic N) is 3. The van der Waals surface area contributed by atoms with E-state index in [0.717, 1.165) is 25.7 Å². The van der Waals surface area contributed by atoms with E-state index < -0.39 is 12.0 Å². The topological polar surface area (TPSA) is 96.5 Å². The molecule has 1 aliphatic rings. The fourth-order valence-corrected chi connectivity index (χ4v) is 2.56. The van der Waals surface area contributed by atoms with Gasteiger partial charge in [-0.1, -0.05) is 12.1 Å². The Morgan fingerprint density at radius 1 is 1.38 bits per heavy atom. The molecular formula is C14H21N3O4. The van der Waals surface area contributed by atoms with Crippen LogP contribution in [-0.2, 0) is 22.4 Å². The maximum absolute atomic E-state index is 12.2. The summed E-state index contributed by atoms with van der Waals surface area (Å²) in [5.74, 6) is 0.0143. The van der Waals surface area contributed by atoms with Crippen LogP contribution in [0, 0.1) is 0 Å². The van der Waals surface area contributed by atoms with E-state index in [2.05, 4.69) is 10.1 Å². The van der Waals surface area contributed by atoms with Crippen LogP contribution in [0.4, 0.5) is 0 Å². The fourth-order valence-electron chi connectivity index (χ4n) is 2.56. The number of carbonyl (C=O) groups excluding carboxylic acids is 1. The minimum atomic E-state index is -0.925. The lowest BCUT2D eigenvalue weighted by atomic mass is 10.0. The van der Waals surface area contributed by atoms with Crippen molar-refractivity contribution in [2.45, 2.75) is 57.9 Å². The zero-order valence-electron chi connectivity index (χ0n) is 12.2. The van der Waals surface area contributed by atoms with E-state index in [-0.39, 0.29) is 12.3 Å². The number of hydrogen-bond acceptors (Lipinski definition) is 5. The van der Waals surface area contributed by atoms with E-state index >= 15 is 0 Å². The van der Waals surface area contributed by atoms with E-state index in [0.29, 0.717) is 31.1 Å². The second-order valence-electron chi connectivity index (χ2n) is 5.29. The summed E-state index contributed by atoms with van der Waals surface area (Å²) in [6.45, 7) is 2.54. The fraction of sp³-hybridized carbons (Fsp3) is 0.714. The summed E-state index contributed by atoms with van der Waals surface area (Å²) in [7, 11) is 0. The largest absolute Gasteiger partial charge is 0.480 e. The molecule has 1 amide bonds. The van der Waals surface area contributed by atoms with E-state index in [1.807, 2.05) is 6.92 Å². The standard InChI is InChI=1S/C14H21N3O4/c1-2-5-11-15-12(21-16-11)7-8-13(18)17-9-4-3-6-10(17)14(19)20/h10H,2-9H2,1H3,(H,19,20)/t10-/m0/s1. The Balaban J connectivity index is 1.89. The number of carboxylic acid groups (broad SMARTS) is 1. The number of carbonyl (C=O) groups is 2. The van der Waals surface area contributed by atoms with Crippen molar-refractivity contribution in [2.24, 2.45) is 0 Å². The molecule has 1 fully saturated rings. The third-order valence-corrected chi connectivity index (χ3v) is 3.64. The van der Waals surface area contributed by atoms with Gasteiger partial charge in [0, 0.05) is 25.8 Å². The first-order valence-electron chi connectivity index (χ1n) is 7.45. The summed E-state index contributed by atoms with van der Waals surface area (Å²) in [5.41, 5.74) is 0. The number of likely N-dealkylation sites (tertiary alicyclic amines) is 1. The third-order valence-electron chi connectivity index (χ3n) is 3.64. The Kier molecular flexibility index (Phi) is 5.30. The lowest BCUT2D eigenvalue weighted by Crippen LogP contribution is -2.48. The molecule has 0 aromatic carbocycles. The monoisotopic (exact) mass is 295 g/mol. The van der Waals surface area contributed by atoms with Crippen molar-refractivity contribution in [1.29, 1.82) is 0 Å². The molecule has 0 bridgehead atoms. The van der Waals surface area contributed by atoms with Gasteiger partial charge >= 0.3 is 5.97 Å². The van der Waals surface area contributed by atoms with Crippen molar-refractivity contribution in [1.82, 2.24) is 15.0 Å². The highest BCUT2D eigenvalue weighted by Crippen LogP contribution is 2.18. The summed E-state index contributed by atoms with van der Waals surface area (Å²) in [4.78, 5) is 29.0. The zero-order chi connectivity index (χ0) is 15.2. The molecule has 0 spiro atoms. The summed E-state index contributed by atoms with van der Waals surface area (Å²) < 4.78 is 5.08. The molecule has 0 aliphatic carbocycles. The van der Waals surface area contributed by atoms with Crippen molar-refractivity contribution in [2.75, 3.05) is 6.54 Å². The molecule has 2 heterocycles. The van der Waals surface area contributed by atoms with E-state index in [1.165, 1.54) is 4.90 Å². The lowest BCUT2D eigenvalue weighted by molar-refractivity contribution is -0.152. The van der Waals surface area contributed by atoms with E-state index in [1.54, 1.807) is 0 Å². The average Bonchev–Trinajstić information content (AvgIpc) is 2.93. The van der Waals surface area contributed by atoms with Crippen LogP contribution in [0.3, 0.4) is 0 Å². The molecule has 21 heavy (non-hydrogen) atoms. The van der Waals surface area contributed by atoms with Gasteiger partial charge in [-0.3, -0.25) is 4.79 Å². The van der Waals surface area contributed by atoms with Gasteiger partial charge in [-0.15, -0.1) is 0 Å². The van der Waals surface area contributed by atoms with Crippen molar-refractivity contribution < 1.29 is 19.2 Å². The molecule has 7 nitrogen and oxygen atoms in total. The predicted octanol–water partition coefficient (Wildman–Crippen LogP) is 1.42. The highest BCUT2D eigenvalue weighted by molar-refractivity contribution is 5.83. The van der Waals surface area contributed by atoms with Crippen LogP contribution < -0.4 is 0 Å². The summed E-state index contributed by atoms with van der Waals surface area (Å²) in [5, 5.41) is 13.0. The van der Waals surface area contributed by atoms with Gasteiger partial charge in [-0.25, -0.2) is 4.79 Å². The number of aromatic nitrogens is 2. The molecule has 2 rings (SSSR count). The van der Waals surface area contributed by atoms with Crippen LogP contribution in [0.25, 0.3) is 0 Å². The Labute approximate surface area is 123 Å². The summed E-state index contributed by atoms with van der Waals surface area (Å²) in [6, 6.07) is -0.690. The van der Waals surface area contributed by atoms with Crippen LogP contribution in [-0.4, -0.2) is 44.6 Å². The normalized spacial score (nSPS) is 18.7. The highest BCUT2D eigenvalue weighted by atomic mass is 16.5. The van der Waals surface area contributed by atoms with Gasteiger partial charge in [0.1, 0.15) is 6.04 Å². The lowest BCUT2D eigenvalue weighted by Gasteiger charge is -2.32. The van der Waals surface area contributed by atoms with Gasteiger partial charge in [-0.2, -0.15) is 4.98 Å². The molecule has 1 aromatic heterocycles. The van der Waals surface area contributed by atoms with Crippen LogP contribution in [0.5, 0.6) is 0 Å².